The number of carbonyl (C=O) groups excluding carboxylic acids is 1. The van der Waals surface area contributed by atoms with Crippen LogP contribution < -0.4 is 0 Å². The van der Waals surface area contributed by atoms with E-state index < -0.39 is 0 Å². The van der Waals surface area contributed by atoms with Crippen molar-refractivity contribution < 1.29 is 9.90 Å². The van der Waals surface area contributed by atoms with E-state index >= 15 is 0 Å². The van der Waals surface area contributed by atoms with Crippen molar-refractivity contribution in [2.24, 2.45) is 0 Å². The van der Waals surface area contributed by atoms with Crippen LogP contribution in [0.5, 0.6) is 0 Å². The third-order valence-corrected chi connectivity index (χ3v) is 3.69. The van der Waals surface area contributed by atoms with Gasteiger partial charge in [0.05, 0.1) is 0 Å². The summed E-state index contributed by atoms with van der Waals surface area (Å²) in [6.45, 7) is 4.82. The molecule has 1 amide bonds. The molecule has 0 unspecified atom stereocenters. The molecular weight excluding hydrogens is 254 g/mol. The molecule has 1 N–H and O–H groups in total. The minimum absolute atomic E-state index is 0.101. The summed E-state index contributed by atoms with van der Waals surface area (Å²) in [7, 11) is 0. The zero-order chi connectivity index (χ0) is 14.2. The van der Waals surface area contributed by atoms with Gasteiger partial charge in [-0.2, -0.15) is 0 Å². The van der Waals surface area contributed by atoms with Gasteiger partial charge in [-0.25, -0.2) is 0 Å². The lowest BCUT2D eigenvalue weighted by atomic mass is 10.2. The largest absolute Gasteiger partial charge is 0.396 e. The minimum atomic E-state index is 0.101. The van der Waals surface area contributed by atoms with E-state index in [0.29, 0.717) is 5.56 Å². The van der Waals surface area contributed by atoms with Gasteiger partial charge < -0.3 is 14.9 Å². The van der Waals surface area contributed by atoms with Gasteiger partial charge in [-0.05, 0) is 44.5 Å². The molecule has 2 heterocycles. The van der Waals surface area contributed by atoms with Gasteiger partial charge in [0.15, 0.2) is 0 Å². The highest BCUT2D eigenvalue weighted by atomic mass is 16.2. The number of pyridine rings is 1. The molecule has 0 aliphatic carbocycles. The number of unbranched alkanes of at least 4 members (excludes halogenated alkanes) is 1. The van der Waals surface area contributed by atoms with Crippen LogP contribution >= 0.6 is 0 Å². The molecule has 1 saturated heterocycles. The molecule has 1 aliphatic rings. The van der Waals surface area contributed by atoms with Crippen molar-refractivity contribution in [2.75, 3.05) is 39.3 Å². The molecule has 0 atom stereocenters. The van der Waals surface area contributed by atoms with Gasteiger partial charge in [-0.3, -0.25) is 9.78 Å². The van der Waals surface area contributed by atoms with Crippen LogP contribution in [0.2, 0.25) is 0 Å². The quantitative estimate of drug-likeness (QED) is 0.816. The van der Waals surface area contributed by atoms with Crippen LogP contribution in [0.4, 0.5) is 0 Å². The lowest BCUT2D eigenvalue weighted by Crippen LogP contribution is -2.35. The summed E-state index contributed by atoms with van der Waals surface area (Å²) >= 11 is 0. The van der Waals surface area contributed by atoms with Gasteiger partial charge in [-0.15, -0.1) is 0 Å². The molecule has 0 aromatic carbocycles. The van der Waals surface area contributed by atoms with Crippen molar-refractivity contribution in [3.8, 4) is 0 Å². The SMILES string of the molecule is O=C(c1ccncc1)N1CCCN(CCCCO)CC1. The Morgan fingerprint density at radius 2 is 1.95 bits per heavy atom. The number of rotatable bonds is 5. The van der Waals surface area contributed by atoms with Crippen molar-refractivity contribution >= 4 is 5.91 Å². The number of aliphatic hydroxyl groups excluding tert-OH is 1. The van der Waals surface area contributed by atoms with E-state index in [-0.39, 0.29) is 12.5 Å². The second-order valence-electron chi connectivity index (χ2n) is 5.15. The second-order valence-corrected chi connectivity index (χ2v) is 5.15. The zero-order valence-corrected chi connectivity index (χ0v) is 11.9. The molecule has 0 radical (unpaired) electrons. The van der Waals surface area contributed by atoms with Crippen molar-refractivity contribution in [1.29, 1.82) is 0 Å². The van der Waals surface area contributed by atoms with E-state index in [1.54, 1.807) is 24.5 Å². The van der Waals surface area contributed by atoms with Crippen molar-refractivity contribution in [2.45, 2.75) is 19.3 Å². The number of aromatic nitrogens is 1. The number of hydrogen-bond acceptors (Lipinski definition) is 4. The third kappa shape index (κ3) is 4.28. The van der Waals surface area contributed by atoms with Crippen LogP contribution in [-0.4, -0.2) is 65.1 Å². The summed E-state index contributed by atoms with van der Waals surface area (Å²) in [6, 6.07) is 3.54. The van der Waals surface area contributed by atoms with E-state index in [0.717, 1.165) is 52.0 Å². The van der Waals surface area contributed by atoms with Gasteiger partial charge >= 0.3 is 0 Å². The molecule has 1 aromatic rings. The number of amides is 1. The maximum atomic E-state index is 12.4. The van der Waals surface area contributed by atoms with Gasteiger partial charge in [0.1, 0.15) is 0 Å². The molecule has 1 aromatic heterocycles. The van der Waals surface area contributed by atoms with E-state index in [4.69, 9.17) is 5.11 Å². The molecule has 0 saturated carbocycles. The van der Waals surface area contributed by atoms with Gasteiger partial charge in [0.2, 0.25) is 0 Å². The Morgan fingerprint density at radius 1 is 1.15 bits per heavy atom. The fourth-order valence-corrected chi connectivity index (χ4v) is 2.52. The van der Waals surface area contributed by atoms with Crippen LogP contribution in [0.15, 0.2) is 24.5 Å². The number of hydrogen-bond donors (Lipinski definition) is 1. The molecule has 2 rings (SSSR count). The standard InChI is InChI=1S/C15H23N3O2/c19-13-2-1-8-17-9-3-10-18(12-11-17)15(20)14-4-6-16-7-5-14/h4-7,19H,1-3,8-13H2. The average molecular weight is 277 g/mol. The highest BCUT2D eigenvalue weighted by Gasteiger charge is 2.19. The number of aliphatic hydroxyl groups is 1. The van der Waals surface area contributed by atoms with Crippen molar-refractivity contribution in [3.63, 3.8) is 0 Å². The van der Waals surface area contributed by atoms with E-state index in [2.05, 4.69) is 9.88 Å². The summed E-state index contributed by atoms with van der Waals surface area (Å²) in [5.41, 5.74) is 0.716. The summed E-state index contributed by atoms with van der Waals surface area (Å²) in [5.74, 6) is 0.101. The third-order valence-electron chi connectivity index (χ3n) is 3.69. The van der Waals surface area contributed by atoms with E-state index in [1.165, 1.54) is 0 Å². The Bertz CT molecular complexity index is 411. The lowest BCUT2D eigenvalue weighted by Gasteiger charge is -2.22. The fraction of sp³-hybridized carbons (Fsp3) is 0.600. The summed E-state index contributed by atoms with van der Waals surface area (Å²) < 4.78 is 0. The average Bonchev–Trinajstić information content (AvgIpc) is 2.73. The minimum Gasteiger partial charge on any atom is -0.396 e. The molecule has 1 aliphatic heterocycles. The van der Waals surface area contributed by atoms with E-state index in [9.17, 15) is 4.79 Å². The first-order valence-electron chi connectivity index (χ1n) is 7.34. The Hall–Kier alpha value is -1.46. The van der Waals surface area contributed by atoms with Crippen molar-refractivity contribution in [1.82, 2.24) is 14.8 Å². The molecular formula is C15H23N3O2. The highest BCUT2D eigenvalue weighted by Crippen LogP contribution is 2.09. The predicted octanol–water partition coefficient (Wildman–Crippen LogP) is 1.00. The molecule has 5 heteroatoms. The second kappa shape index (κ2) is 7.97. The Morgan fingerprint density at radius 3 is 2.70 bits per heavy atom. The molecule has 5 nitrogen and oxygen atoms in total. The van der Waals surface area contributed by atoms with Gasteiger partial charge in [0, 0.05) is 44.2 Å². The van der Waals surface area contributed by atoms with E-state index in [1.807, 2.05) is 4.90 Å². The maximum absolute atomic E-state index is 12.4. The molecule has 0 spiro atoms. The first-order chi connectivity index (χ1) is 9.81. The maximum Gasteiger partial charge on any atom is 0.254 e. The lowest BCUT2D eigenvalue weighted by molar-refractivity contribution is 0.0761. The first-order valence-corrected chi connectivity index (χ1v) is 7.34. The zero-order valence-electron chi connectivity index (χ0n) is 11.9. The normalized spacial score (nSPS) is 16.9. The monoisotopic (exact) mass is 277 g/mol. The molecule has 1 fully saturated rings. The fourth-order valence-electron chi connectivity index (χ4n) is 2.52. The van der Waals surface area contributed by atoms with Crippen LogP contribution in [0, 0.1) is 0 Å². The number of nitrogens with zero attached hydrogens (tertiary/aromatic N) is 3. The first kappa shape index (κ1) is 14.9. The van der Waals surface area contributed by atoms with Crippen LogP contribution in [0.1, 0.15) is 29.6 Å². The molecule has 0 bridgehead atoms. The van der Waals surface area contributed by atoms with Crippen molar-refractivity contribution in [3.05, 3.63) is 30.1 Å². The van der Waals surface area contributed by atoms with Crippen LogP contribution in [0.3, 0.4) is 0 Å². The highest BCUT2D eigenvalue weighted by molar-refractivity contribution is 5.94. The van der Waals surface area contributed by atoms with Gasteiger partial charge in [-0.1, -0.05) is 0 Å². The topological polar surface area (TPSA) is 56.7 Å². The molecule has 20 heavy (non-hydrogen) atoms. The Balaban J connectivity index is 1.85. The smallest absolute Gasteiger partial charge is 0.254 e. The summed E-state index contributed by atoms with van der Waals surface area (Å²) in [6.07, 6.45) is 6.21. The summed E-state index contributed by atoms with van der Waals surface area (Å²) in [5, 5.41) is 8.82. The Kier molecular flexibility index (Phi) is 5.95. The number of carbonyl (C=O) groups is 1. The Labute approximate surface area is 120 Å². The predicted molar refractivity (Wildman–Crippen MR) is 77.5 cm³/mol. The van der Waals surface area contributed by atoms with Crippen LogP contribution in [0.25, 0.3) is 0 Å². The van der Waals surface area contributed by atoms with Gasteiger partial charge in [0.25, 0.3) is 5.91 Å². The summed E-state index contributed by atoms with van der Waals surface area (Å²) in [4.78, 5) is 20.6. The van der Waals surface area contributed by atoms with Crippen LogP contribution in [-0.2, 0) is 0 Å². The molecule has 110 valence electrons.